The van der Waals surface area contributed by atoms with Gasteiger partial charge in [0.15, 0.2) is 0 Å². The molecule has 15 heavy (non-hydrogen) atoms. The minimum atomic E-state index is 0.215. The highest BCUT2D eigenvalue weighted by Gasteiger charge is 2.43. The van der Waals surface area contributed by atoms with Gasteiger partial charge in [-0.1, -0.05) is 41.5 Å². The Morgan fingerprint density at radius 2 is 1.53 bits per heavy atom. The number of likely N-dealkylation sites (N-methyl/N-ethyl adjacent to an activating group) is 1. The van der Waals surface area contributed by atoms with Crippen LogP contribution in [0.5, 0.6) is 0 Å². The van der Waals surface area contributed by atoms with Gasteiger partial charge in [-0.2, -0.15) is 0 Å². The standard InChI is InChI=1S/C13H27NO/c1-12(2,3)10-11(13(4,5)6)15-9-8-14(10)7/h10-11H,8-9H2,1-7H3. The molecule has 2 atom stereocenters. The lowest BCUT2D eigenvalue weighted by Crippen LogP contribution is -2.59. The van der Waals surface area contributed by atoms with Crippen LogP contribution < -0.4 is 0 Å². The molecule has 1 fully saturated rings. The zero-order chi connectivity index (χ0) is 11.9. The summed E-state index contributed by atoms with van der Waals surface area (Å²) >= 11 is 0. The Bertz CT molecular complexity index is 212. The molecule has 0 saturated carbocycles. The van der Waals surface area contributed by atoms with Crippen molar-refractivity contribution in [1.29, 1.82) is 0 Å². The Hall–Kier alpha value is -0.0800. The van der Waals surface area contributed by atoms with Crippen LogP contribution in [-0.4, -0.2) is 37.2 Å². The van der Waals surface area contributed by atoms with E-state index >= 15 is 0 Å². The summed E-state index contributed by atoms with van der Waals surface area (Å²) in [6, 6.07) is 0.506. The van der Waals surface area contributed by atoms with Crippen molar-refractivity contribution in [2.24, 2.45) is 10.8 Å². The molecule has 0 aliphatic carbocycles. The second kappa shape index (κ2) is 4.06. The average molecular weight is 213 g/mol. The number of morpholine rings is 1. The average Bonchev–Trinajstić information content (AvgIpc) is 1.99. The number of nitrogens with zero attached hydrogens (tertiary/aromatic N) is 1. The van der Waals surface area contributed by atoms with Gasteiger partial charge in [-0.15, -0.1) is 0 Å². The third-order valence-corrected chi connectivity index (χ3v) is 3.24. The van der Waals surface area contributed by atoms with Crippen molar-refractivity contribution in [2.45, 2.75) is 53.7 Å². The Kier molecular flexibility index (Phi) is 3.52. The molecule has 0 spiro atoms. The highest BCUT2D eigenvalue weighted by molar-refractivity contribution is 4.96. The summed E-state index contributed by atoms with van der Waals surface area (Å²) in [4.78, 5) is 2.46. The van der Waals surface area contributed by atoms with Crippen LogP contribution in [0, 0.1) is 10.8 Å². The molecule has 2 nitrogen and oxygen atoms in total. The first-order valence-corrected chi connectivity index (χ1v) is 5.96. The minimum Gasteiger partial charge on any atom is -0.375 e. The topological polar surface area (TPSA) is 12.5 Å². The zero-order valence-corrected chi connectivity index (χ0v) is 11.4. The van der Waals surface area contributed by atoms with Crippen LogP contribution in [0.1, 0.15) is 41.5 Å². The molecule has 0 aromatic rings. The quantitative estimate of drug-likeness (QED) is 0.613. The second-order valence-corrected chi connectivity index (χ2v) is 6.95. The Morgan fingerprint density at radius 3 is 1.87 bits per heavy atom. The molecule has 1 aliphatic rings. The van der Waals surface area contributed by atoms with Gasteiger partial charge < -0.3 is 4.74 Å². The summed E-state index contributed by atoms with van der Waals surface area (Å²) in [5, 5.41) is 0. The largest absolute Gasteiger partial charge is 0.375 e. The molecule has 0 radical (unpaired) electrons. The molecule has 0 aromatic heterocycles. The van der Waals surface area contributed by atoms with Gasteiger partial charge in [0.05, 0.1) is 12.7 Å². The minimum absolute atomic E-state index is 0.215. The van der Waals surface area contributed by atoms with E-state index in [1.165, 1.54) is 0 Å². The van der Waals surface area contributed by atoms with Crippen LogP contribution in [0.25, 0.3) is 0 Å². The smallest absolute Gasteiger partial charge is 0.0783 e. The first kappa shape index (κ1) is 13.0. The number of rotatable bonds is 0. The molecule has 2 unspecified atom stereocenters. The van der Waals surface area contributed by atoms with Gasteiger partial charge in [0, 0.05) is 12.6 Å². The third kappa shape index (κ3) is 2.94. The maximum atomic E-state index is 6.01. The molecule has 1 rings (SSSR count). The molecule has 0 bridgehead atoms. The third-order valence-electron chi connectivity index (χ3n) is 3.24. The van der Waals surface area contributed by atoms with Gasteiger partial charge in [0.1, 0.15) is 0 Å². The molecule has 1 aliphatic heterocycles. The highest BCUT2D eigenvalue weighted by atomic mass is 16.5. The lowest BCUT2D eigenvalue weighted by molar-refractivity contribution is -0.138. The van der Waals surface area contributed by atoms with Crippen molar-refractivity contribution in [3.63, 3.8) is 0 Å². The van der Waals surface area contributed by atoms with E-state index in [1.54, 1.807) is 0 Å². The summed E-state index contributed by atoms with van der Waals surface area (Å²) in [6.45, 7) is 15.7. The van der Waals surface area contributed by atoms with E-state index in [1.807, 2.05) is 0 Å². The molecule has 0 amide bonds. The molecule has 0 aromatic carbocycles. The normalized spacial score (nSPS) is 30.6. The Balaban J connectivity index is 2.93. The van der Waals surface area contributed by atoms with Gasteiger partial charge in [0.25, 0.3) is 0 Å². The van der Waals surface area contributed by atoms with Crippen LogP contribution >= 0.6 is 0 Å². The van der Waals surface area contributed by atoms with Crippen LogP contribution in [0.3, 0.4) is 0 Å². The van der Waals surface area contributed by atoms with Gasteiger partial charge in [0.2, 0.25) is 0 Å². The molecule has 1 saturated heterocycles. The van der Waals surface area contributed by atoms with Crippen molar-refractivity contribution in [1.82, 2.24) is 4.90 Å². The summed E-state index contributed by atoms with van der Waals surface area (Å²) in [7, 11) is 2.22. The monoisotopic (exact) mass is 213 g/mol. The van der Waals surface area contributed by atoms with E-state index in [-0.39, 0.29) is 10.8 Å². The number of hydrogen-bond acceptors (Lipinski definition) is 2. The molecule has 90 valence electrons. The zero-order valence-electron chi connectivity index (χ0n) is 11.4. The van der Waals surface area contributed by atoms with Crippen molar-refractivity contribution in [3.8, 4) is 0 Å². The van der Waals surface area contributed by atoms with E-state index in [4.69, 9.17) is 4.74 Å². The fraction of sp³-hybridized carbons (Fsp3) is 1.00. The number of ether oxygens (including phenoxy) is 1. The van der Waals surface area contributed by atoms with Crippen molar-refractivity contribution in [3.05, 3.63) is 0 Å². The molecule has 1 heterocycles. The van der Waals surface area contributed by atoms with Crippen LogP contribution in [0.4, 0.5) is 0 Å². The molecular weight excluding hydrogens is 186 g/mol. The molecular formula is C13H27NO. The Morgan fingerprint density at radius 1 is 1.00 bits per heavy atom. The lowest BCUT2D eigenvalue weighted by atomic mass is 9.73. The van der Waals surface area contributed by atoms with Crippen LogP contribution in [-0.2, 0) is 4.74 Å². The number of hydrogen-bond donors (Lipinski definition) is 0. The van der Waals surface area contributed by atoms with E-state index in [2.05, 4.69) is 53.5 Å². The van der Waals surface area contributed by atoms with Gasteiger partial charge in [-0.3, -0.25) is 4.90 Å². The summed E-state index contributed by atoms with van der Waals surface area (Å²) in [5.41, 5.74) is 0.486. The van der Waals surface area contributed by atoms with Gasteiger partial charge in [-0.25, -0.2) is 0 Å². The van der Waals surface area contributed by atoms with Crippen molar-refractivity contribution >= 4 is 0 Å². The second-order valence-electron chi connectivity index (χ2n) is 6.95. The van der Waals surface area contributed by atoms with E-state index in [9.17, 15) is 0 Å². The van der Waals surface area contributed by atoms with E-state index in [0.29, 0.717) is 12.1 Å². The molecule has 2 heteroatoms. The maximum absolute atomic E-state index is 6.01. The van der Waals surface area contributed by atoms with Crippen molar-refractivity contribution in [2.75, 3.05) is 20.2 Å². The first-order chi connectivity index (χ1) is 6.64. The summed E-state index contributed by atoms with van der Waals surface area (Å²) < 4.78 is 6.01. The van der Waals surface area contributed by atoms with Gasteiger partial charge in [-0.05, 0) is 17.9 Å². The van der Waals surface area contributed by atoms with E-state index < -0.39 is 0 Å². The fourth-order valence-electron chi connectivity index (χ4n) is 2.62. The fourth-order valence-corrected chi connectivity index (χ4v) is 2.62. The van der Waals surface area contributed by atoms with Crippen LogP contribution in [0.2, 0.25) is 0 Å². The van der Waals surface area contributed by atoms with Crippen molar-refractivity contribution < 1.29 is 4.74 Å². The predicted molar refractivity (Wildman–Crippen MR) is 65.1 cm³/mol. The van der Waals surface area contributed by atoms with E-state index in [0.717, 1.165) is 13.2 Å². The Labute approximate surface area is 95.0 Å². The maximum Gasteiger partial charge on any atom is 0.0783 e. The lowest BCUT2D eigenvalue weighted by Gasteiger charge is -2.50. The SMILES string of the molecule is CN1CCOC(C(C)(C)C)C1C(C)(C)C. The molecule has 0 N–H and O–H groups in total. The predicted octanol–water partition coefficient (Wildman–Crippen LogP) is 2.78. The first-order valence-electron chi connectivity index (χ1n) is 5.96. The van der Waals surface area contributed by atoms with Gasteiger partial charge >= 0.3 is 0 Å². The summed E-state index contributed by atoms with van der Waals surface area (Å²) in [6.07, 6.45) is 0.330. The highest BCUT2D eigenvalue weighted by Crippen LogP contribution is 2.37. The van der Waals surface area contributed by atoms with Crippen LogP contribution in [0.15, 0.2) is 0 Å². The summed E-state index contributed by atoms with van der Waals surface area (Å²) in [5.74, 6) is 0.